The lowest BCUT2D eigenvalue weighted by Gasteiger charge is -2.12. The zero-order chi connectivity index (χ0) is 23.9. The lowest BCUT2D eigenvalue weighted by Crippen LogP contribution is -1.91. The molecule has 2 heterocycles. The fourth-order valence-electron chi connectivity index (χ4n) is 4.94. The van der Waals surface area contributed by atoms with Crippen LogP contribution in [0, 0.1) is 6.92 Å². The molecular formula is C33H27NO. The summed E-state index contributed by atoms with van der Waals surface area (Å²) in [6.45, 7) is 6.61. The number of nitrogens with zero attached hydrogens (tertiary/aromatic N) is 1. The summed E-state index contributed by atoms with van der Waals surface area (Å²) in [6, 6.07) is 34.1. The second-order valence-electron chi connectivity index (χ2n) is 9.48. The summed E-state index contributed by atoms with van der Waals surface area (Å²) in [5.41, 5.74) is 8.81. The summed E-state index contributed by atoms with van der Waals surface area (Å²) in [5, 5.41) is 3.51. The molecule has 0 saturated carbocycles. The zero-order valence-electron chi connectivity index (χ0n) is 20.2. The van der Waals surface area contributed by atoms with Crippen molar-refractivity contribution in [3.8, 4) is 33.7 Å². The Labute approximate surface area is 205 Å². The summed E-state index contributed by atoms with van der Waals surface area (Å²) in [4.78, 5) is 4.86. The van der Waals surface area contributed by atoms with Crippen molar-refractivity contribution in [1.82, 2.24) is 4.98 Å². The highest BCUT2D eigenvalue weighted by Crippen LogP contribution is 2.42. The highest BCUT2D eigenvalue weighted by atomic mass is 16.3. The molecule has 0 fully saturated rings. The molecule has 0 unspecified atom stereocenters. The number of benzene rings is 4. The highest BCUT2D eigenvalue weighted by Gasteiger charge is 2.19. The van der Waals surface area contributed by atoms with Gasteiger partial charge in [-0.2, -0.15) is 0 Å². The van der Waals surface area contributed by atoms with Gasteiger partial charge in [0, 0.05) is 39.2 Å². The summed E-state index contributed by atoms with van der Waals surface area (Å²) in [7, 11) is 0. The van der Waals surface area contributed by atoms with Crippen molar-refractivity contribution in [1.29, 1.82) is 0 Å². The van der Waals surface area contributed by atoms with E-state index in [9.17, 15) is 0 Å². The molecular weight excluding hydrogens is 426 g/mol. The van der Waals surface area contributed by atoms with Crippen LogP contribution in [-0.2, 0) is 0 Å². The van der Waals surface area contributed by atoms with Crippen molar-refractivity contribution in [2.24, 2.45) is 0 Å². The lowest BCUT2D eigenvalue weighted by molar-refractivity contribution is 0.630. The molecule has 0 aliphatic carbocycles. The Kier molecular flexibility index (Phi) is 5.22. The Bertz CT molecular complexity index is 1660. The standard InChI is InChI=1S/C33H27NO/c1-21(2)25-14-15-28-26(18-25)16-17-34-31(28)27-19-29-22(3)32(24-12-8-5-9-13-24)35-33(29)30(20-27)23-10-6-4-7-11-23/h4-21H,1-3H3. The maximum absolute atomic E-state index is 6.57. The van der Waals surface area contributed by atoms with Crippen LogP contribution in [0.3, 0.4) is 0 Å². The Morgan fingerprint density at radius 3 is 2.11 bits per heavy atom. The second-order valence-corrected chi connectivity index (χ2v) is 9.48. The molecule has 0 spiro atoms. The molecule has 0 aliphatic heterocycles. The third kappa shape index (κ3) is 3.72. The van der Waals surface area contributed by atoms with E-state index in [1.54, 1.807) is 0 Å². The van der Waals surface area contributed by atoms with Crippen molar-refractivity contribution in [3.63, 3.8) is 0 Å². The molecule has 35 heavy (non-hydrogen) atoms. The molecule has 0 radical (unpaired) electrons. The molecule has 0 bridgehead atoms. The lowest BCUT2D eigenvalue weighted by atomic mass is 9.94. The Morgan fingerprint density at radius 1 is 0.686 bits per heavy atom. The first-order chi connectivity index (χ1) is 17.1. The van der Waals surface area contributed by atoms with E-state index in [-0.39, 0.29) is 0 Å². The van der Waals surface area contributed by atoms with Crippen molar-refractivity contribution < 1.29 is 4.42 Å². The van der Waals surface area contributed by atoms with Crippen molar-refractivity contribution in [3.05, 3.63) is 114 Å². The number of aryl methyl sites for hydroxylation is 1. The van der Waals surface area contributed by atoms with Gasteiger partial charge in [-0.25, -0.2) is 0 Å². The minimum Gasteiger partial charge on any atom is -0.455 e. The van der Waals surface area contributed by atoms with Crippen LogP contribution in [0.5, 0.6) is 0 Å². The van der Waals surface area contributed by atoms with E-state index in [4.69, 9.17) is 9.40 Å². The Morgan fingerprint density at radius 2 is 1.40 bits per heavy atom. The molecule has 6 aromatic rings. The van der Waals surface area contributed by atoms with Crippen molar-refractivity contribution >= 4 is 21.7 Å². The predicted molar refractivity (Wildman–Crippen MR) is 147 cm³/mol. The maximum atomic E-state index is 6.57. The fourth-order valence-corrected chi connectivity index (χ4v) is 4.94. The van der Waals surface area contributed by atoms with Gasteiger partial charge in [0.1, 0.15) is 11.3 Å². The van der Waals surface area contributed by atoms with E-state index < -0.39 is 0 Å². The van der Waals surface area contributed by atoms with Gasteiger partial charge < -0.3 is 4.42 Å². The van der Waals surface area contributed by atoms with Gasteiger partial charge in [-0.1, -0.05) is 92.7 Å². The van der Waals surface area contributed by atoms with Crippen LogP contribution in [-0.4, -0.2) is 4.98 Å². The molecule has 6 rings (SSSR count). The Balaban J connectivity index is 1.64. The van der Waals surface area contributed by atoms with Crippen LogP contribution in [0.15, 0.2) is 108 Å². The van der Waals surface area contributed by atoms with Gasteiger partial charge in [-0.15, -0.1) is 0 Å². The molecule has 2 nitrogen and oxygen atoms in total. The highest BCUT2D eigenvalue weighted by molar-refractivity contribution is 6.03. The maximum Gasteiger partial charge on any atom is 0.142 e. The van der Waals surface area contributed by atoms with E-state index in [2.05, 4.69) is 106 Å². The summed E-state index contributed by atoms with van der Waals surface area (Å²) < 4.78 is 6.57. The fraction of sp³-hybridized carbons (Fsp3) is 0.121. The largest absolute Gasteiger partial charge is 0.455 e. The van der Waals surface area contributed by atoms with Gasteiger partial charge >= 0.3 is 0 Å². The van der Waals surface area contributed by atoms with E-state index in [0.29, 0.717) is 5.92 Å². The number of rotatable bonds is 4. The summed E-state index contributed by atoms with van der Waals surface area (Å²) in [5.74, 6) is 1.41. The monoisotopic (exact) mass is 453 g/mol. The molecule has 0 N–H and O–H groups in total. The summed E-state index contributed by atoms with van der Waals surface area (Å²) in [6.07, 6.45) is 1.92. The molecule has 170 valence electrons. The quantitative estimate of drug-likeness (QED) is 0.266. The molecule has 2 aromatic heterocycles. The normalized spacial score (nSPS) is 11.5. The number of hydrogen-bond donors (Lipinski definition) is 0. The van der Waals surface area contributed by atoms with E-state index in [0.717, 1.165) is 50.2 Å². The SMILES string of the molecule is Cc1c(-c2ccccc2)oc2c(-c3ccccc3)cc(-c3nccc4cc(C(C)C)ccc34)cc12. The number of aromatic nitrogens is 1. The number of furan rings is 1. The van der Waals surface area contributed by atoms with Crippen LogP contribution >= 0.6 is 0 Å². The average molecular weight is 454 g/mol. The Hall–Kier alpha value is -4.17. The van der Waals surface area contributed by atoms with Crippen LogP contribution < -0.4 is 0 Å². The van der Waals surface area contributed by atoms with Gasteiger partial charge in [-0.3, -0.25) is 4.98 Å². The first kappa shape index (κ1) is 21.4. The molecule has 0 amide bonds. The van der Waals surface area contributed by atoms with Gasteiger partial charge in [0.15, 0.2) is 0 Å². The first-order valence-corrected chi connectivity index (χ1v) is 12.2. The number of pyridine rings is 1. The molecule has 0 atom stereocenters. The van der Waals surface area contributed by atoms with Gasteiger partial charge in [0.25, 0.3) is 0 Å². The molecule has 0 saturated heterocycles. The molecule has 4 aromatic carbocycles. The first-order valence-electron chi connectivity index (χ1n) is 12.2. The van der Waals surface area contributed by atoms with Gasteiger partial charge in [0.2, 0.25) is 0 Å². The smallest absolute Gasteiger partial charge is 0.142 e. The van der Waals surface area contributed by atoms with Crippen molar-refractivity contribution in [2.45, 2.75) is 26.7 Å². The molecule has 2 heteroatoms. The third-order valence-corrected chi connectivity index (χ3v) is 6.89. The van der Waals surface area contributed by atoms with Crippen molar-refractivity contribution in [2.75, 3.05) is 0 Å². The number of hydrogen-bond acceptors (Lipinski definition) is 2. The van der Waals surface area contributed by atoms with E-state index in [1.807, 2.05) is 18.3 Å². The van der Waals surface area contributed by atoms with Crippen LogP contribution in [0.1, 0.15) is 30.9 Å². The van der Waals surface area contributed by atoms with E-state index >= 15 is 0 Å². The van der Waals surface area contributed by atoms with Crippen LogP contribution in [0.4, 0.5) is 0 Å². The minimum atomic E-state index is 0.488. The minimum absolute atomic E-state index is 0.488. The van der Waals surface area contributed by atoms with E-state index in [1.165, 1.54) is 16.3 Å². The molecule has 0 aliphatic rings. The predicted octanol–water partition coefficient (Wildman–Crippen LogP) is 9.41. The number of fused-ring (bicyclic) bond motifs is 2. The van der Waals surface area contributed by atoms with Crippen LogP contribution in [0.25, 0.3) is 55.4 Å². The average Bonchev–Trinajstić information content (AvgIpc) is 3.24. The third-order valence-electron chi connectivity index (χ3n) is 6.89. The summed E-state index contributed by atoms with van der Waals surface area (Å²) >= 11 is 0. The zero-order valence-corrected chi connectivity index (χ0v) is 20.2. The van der Waals surface area contributed by atoms with Gasteiger partial charge in [-0.05, 0) is 47.6 Å². The van der Waals surface area contributed by atoms with Gasteiger partial charge in [0.05, 0.1) is 5.69 Å². The second kappa shape index (κ2) is 8.56. The van der Waals surface area contributed by atoms with Crippen LogP contribution in [0.2, 0.25) is 0 Å². The topological polar surface area (TPSA) is 26.0 Å².